The molecule has 2 rings (SSSR count). The van der Waals surface area contributed by atoms with E-state index in [4.69, 9.17) is 0 Å². The second kappa shape index (κ2) is 5.13. The summed E-state index contributed by atoms with van der Waals surface area (Å²) in [5.41, 5.74) is 0.699. The standard InChI is InChI=1S/C13H15BrN4O/c1-13(2,3)10-11(19)16-12(18-17-10)15-9-6-4-5-8(14)7-9/h4-7H,1-3H3,(H2,15,16,18,19). The lowest BCUT2D eigenvalue weighted by atomic mass is 9.93. The van der Waals surface area contributed by atoms with Gasteiger partial charge in [0.05, 0.1) is 0 Å². The van der Waals surface area contributed by atoms with Crippen molar-refractivity contribution in [1.82, 2.24) is 15.2 Å². The van der Waals surface area contributed by atoms with Crippen LogP contribution in [0.5, 0.6) is 0 Å². The summed E-state index contributed by atoms with van der Waals surface area (Å²) in [5, 5.41) is 11.0. The second-order valence-corrected chi connectivity index (χ2v) is 6.15. The Morgan fingerprint density at radius 1 is 1.26 bits per heavy atom. The number of nitrogens with zero attached hydrogens (tertiary/aromatic N) is 2. The molecule has 0 spiro atoms. The molecule has 0 saturated heterocycles. The normalized spacial score (nSPS) is 11.4. The van der Waals surface area contributed by atoms with Gasteiger partial charge in [0.2, 0.25) is 5.95 Å². The highest BCUT2D eigenvalue weighted by atomic mass is 79.9. The molecule has 5 nitrogen and oxygen atoms in total. The maximum absolute atomic E-state index is 11.9. The zero-order valence-electron chi connectivity index (χ0n) is 11.0. The minimum absolute atomic E-state index is 0.222. The number of nitrogens with one attached hydrogen (secondary N) is 2. The third kappa shape index (κ3) is 3.41. The molecule has 0 atom stereocenters. The summed E-state index contributed by atoms with van der Waals surface area (Å²) in [7, 11) is 0. The van der Waals surface area contributed by atoms with Crippen LogP contribution in [0.1, 0.15) is 26.5 Å². The molecule has 100 valence electrons. The van der Waals surface area contributed by atoms with Crippen molar-refractivity contribution in [3.05, 3.63) is 44.8 Å². The van der Waals surface area contributed by atoms with Crippen molar-refractivity contribution in [3.8, 4) is 0 Å². The third-order valence-electron chi connectivity index (χ3n) is 2.49. The average Bonchev–Trinajstić information content (AvgIpc) is 2.27. The van der Waals surface area contributed by atoms with E-state index in [0.29, 0.717) is 11.6 Å². The van der Waals surface area contributed by atoms with Crippen LogP contribution in [0.3, 0.4) is 0 Å². The van der Waals surface area contributed by atoms with E-state index in [0.717, 1.165) is 10.2 Å². The molecule has 0 fully saturated rings. The van der Waals surface area contributed by atoms with E-state index >= 15 is 0 Å². The SMILES string of the molecule is CC(C)(C)c1nnc(Nc2cccc(Br)c2)[nH]c1=O. The van der Waals surface area contributed by atoms with E-state index in [-0.39, 0.29) is 11.0 Å². The summed E-state index contributed by atoms with van der Waals surface area (Å²) in [5.74, 6) is 0.330. The third-order valence-corrected chi connectivity index (χ3v) is 2.99. The summed E-state index contributed by atoms with van der Waals surface area (Å²) >= 11 is 3.38. The number of H-pyrrole nitrogens is 1. The van der Waals surface area contributed by atoms with Gasteiger partial charge in [0, 0.05) is 15.6 Å². The van der Waals surface area contributed by atoms with Crippen LogP contribution in [0.4, 0.5) is 11.6 Å². The first-order valence-electron chi connectivity index (χ1n) is 5.86. The predicted molar refractivity (Wildman–Crippen MR) is 78.8 cm³/mol. The van der Waals surface area contributed by atoms with E-state index < -0.39 is 0 Å². The Bertz CT molecular complexity index is 646. The van der Waals surface area contributed by atoms with Crippen LogP contribution < -0.4 is 10.9 Å². The van der Waals surface area contributed by atoms with Crippen molar-refractivity contribution in [2.75, 3.05) is 5.32 Å². The first kappa shape index (κ1) is 13.7. The molecule has 6 heteroatoms. The lowest BCUT2D eigenvalue weighted by Gasteiger charge is -2.15. The van der Waals surface area contributed by atoms with Crippen LogP contribution in [-0.2, 0) is 5.41 Å². The number of benzene rings is 1. The largest absolute Gasteiger partial charge is 0.324 e. The van der Waals surface area contributed by atoms with Gasteiger partial charge in [-0.05, 0) is 18.2 Å². The van der Waals surface area contributed by atoms with E-state index in [2.05, 4.69) is 36.4 Å². The fraction of sp³-hybridized carbons (Fsp3) is 0.308. The zero-order chi connectivity index (χ0) is 14.0. The molecule has 0 aliphatic carbocycles. The summed E-state index contributed by atoms with van der Waals surface area (Å²) in [6.07, 6.45) is 0. The molecule has 2 aromatic rings. The van der Waals surface area contributed by atoms with Gasteiger partial charge in [-0.1, -0.05) is 42.8 Å². The molecule has 0 saturated carbocycles. The van der Waals surface area contributed by atoms with Gasteiger partial charge in [-0.3, -0.25) is 9.78 Å². The predicted octanol–water partition coefficient (Wildman–Crippen LogP) is 2.97. The van der Waals surface area contributed by atoms with E-state index in [1.807, 2.05) is 45.0 Å². The van der Waals surface area contributed by atoms with Crippen molar-refractivity contribution in [2.24, 2.45) is 0 Å². The van der Waals surface area contributed by atoms with Crippen molar-refractivity contribution in [3.63, 3.8) is 0 Å². The van der Waals surface area contributed by atoms with Crippen LogP contribution in [0, 0.1) is 0 Å². The van der Waals surface area contributed by atoms with Crippen LogP contribution in [0.25, 0.3) is 0 Å². The topological polar surface area (TPSA) is 70.7 Å². The Morgan fingerprint density at radius 2 is 2.00 bits per heavy atom. The van der Waals surface area contributed by atoms with Gasteiger partial charge in [0.15, 0.2) is 0 Å². The second-order valence-electron chi connectivity index (χ2n) is 5.24. The Balaban J connectivity index is 2.29. The number of aromatic nitrogens is 3. The highest BCUT2D eigenvalue weighted by Crippen LogP contribution is 2.19. The molecule has 19 heavy (non-hydrogen) atoms. The van der Waals surface area contributed by atoms with Gasteiger partial charge in [-0.15, -0.1) is 10.2 Å². The zero-order valence-corrected chi connectivity index (χ0v) is 12.6. The molecule has 0 radical (unpaired) electrons. The molecular formula is C13H15BrN4O. The lowest BCUT2D eigenvalue weighted by molar-refractivity contribution is 0.547. The molecule has 1 heterocycles. The number of hydrogen-bond donors (Lipinski definition) is 2. The van der Waals surface area contributed by atoms with Crippen molar-refractivity contribution in [2.45, 2.75) is 26.2 Å². The van der Waals surface area contributed by atoms with E-state index in [1.165, 1.54) is 0 Å². The van der Waals surface area contributed by atoms with E-state index in [1.54, 1.807) is 0 Å². The number of halogens is 1. The molecular weight excluding hydrogens is 308 g/mol. The number of aromatic amines is 1. The number of hydrogen-bond acceptors (Lipinski definition) is 4. The highest BCUT2D eigenvalue weighted by molar-refractivity contribution is 9.10. The van der Waals surface area contributed by atoms with Gasteiger partial charge in [-0.2, -0.15) is 0 Å². The molecule has 2 N–H and O–H groups in total. The van der Waals surface area contributed by atoms with Gasteiger partial charge in [0.1, 0.15) is 5.69 Å². The van der Waals surface area contributed by atoms with Gasteiger partial charge < -0.3 is 5.32 Å². The molecule has 0 unspecified atom stereocenters. The monoisotopic (exact) mass is 322 g/mol. The number of rotatable bonds is 2. The maximum Gasteiger partial charge on any atom is 0.274 e. The molecule has 0 bridgehead atoms. The van der Waals surface area contributed by atoms with Crippen molar-refractivity contribution < 1.29 is 0 Å². The summed E-state index contributed by atoms with van der Waals surface area (Å²) in [6.45, 7) is 5.77. The van der Waals surface area contributed by atoms with Gasteiger partial charge in [-0.25, -0.2) is 0 Å². The van der Waals surface area contributed by atoms with Crippen LogP contribution in [-0.4, -0.2) is 15.2 Å². The van der Waals surface area contributed by atoms with Crippen molar-refractivity contribution in [1.29, 1.82) is 0 Å². The fourth-order valence-corrected chi connectivity index (χ4v) is 1.99. The number of anilines is 2. The molecule has 0 aliphatic rings. The summed E-state index contributed by atoms with van der Waals surface area (Å²) < 4.78 is 0.944. The van der Waals surface area contributed by atoms with E-state index in [9.17, 15) is 4.79 Å². The Hall–Kier alpha value is -1.69. The molecule has 1 aromatic heterocycles. The fourth-order valence-electron chi connectivity index (χ4n) is 1.59. The minimum atomic E-state index is -0.325. The molecule has 1 aromatic carbocycles. The van der Waals surface area contributed by atoms with Crippen molar-refractivity contribution >= 4 is 27.6 Å². The smallest absolute Gasteiger partial charge is 0.274 e. The van der Waals surface area contributed by atoms with Gasteiger partial charge >= 0.3 is 0 Å². The highest BCUT2D eigenvalue weighted by Gasteiger charge is 2.20. The summed E-state index contributed by atoms with van der Waals surface area (Å²) in [6, 6.07) is 7.57. The molecule has 0 aliphatic heterocycles. The van der Waals surface area contributed by atoms with Crippen LogP contribution in [0.2, 0.25) is 0 Å². The van der Waals surface area contributed by atoms with Gasteiger partial charge in [0.25, 0.3) is 5.56 Å². The quantitative estimate of drug-likeness (QED) is 0.891. The maximum atomic E-state index is 11.9. The summed E-state index contributed by atoms with van der Waals surface area (Å²) in [4.78, 5) is 14.6. The first-order valence-corrected chi connectivity index (χ1v) is 6.65. The Labute approximate surface area is 119 Å². The Kier molecular flexibility index (Phi) is 3.71. The van der Waals surface area contributed by atoms with Crippen LogP contribution in [0.15, 0.2) is 33.5 Å². The lowest BCUT2D eigenvalue weighted by Crippen LogP contribution is -2.28. The minimum Gasteiger partial charge on any atom is -0.324 e. The molecule has 0 amide bonds. The average molecular weight is 323 g/mol. The van der Waals surface area contributed by atoms with Crippen LogP contribution >= 0.6 is 15.9 Å². The Morgan fingerprint density at radius 3 is 2.58 bits per heavy atom. The first-order chi connectivity index (χ1) is 8.86.